The molecule has 4 fully saturated rings. The van der Waals surface area contributed by atoms with E-state index in [1.165, 1.54) is 222 Å². The van der Waals surface area contributed by atoms with Crippen LogP contribution in [-0.4, -0.2) is 13.7 Å². The van der Waals surface area contributed by atoms with E-state index in [2.05, 4.69) is 220 Å². The van der Waals surface area contributed by atoms with Crippen molar-refractivity contribution in [2.45, 2.75) is 199 Å². The van der Waals surface area contributed by atoms with Gasteiger partial charge in [0.15, 0.2) is 0 Å². The molecule has 0 bridgehead atoms. The molecule has 0 spiro atoms. The lowest BCUT2D eigenvalue weighted by molar-refractivity contribution is -0.671. The van der Waals surface area contributed by atoms with Crippen molar-refractivity contribution < 1.29 is 26.9 Å². The molecule has 0 N–H and O–H groups in total. The molecule has 0 amide bonds. The summed E-state index contributed by atoms with van der Waals surface area (Å²) < 4.78 is 56.2. The summed E-state index contributed by atoms with van der Waals surface area (Å²) in [5.74, 6) is 6.56. The van der Waals surface area contributed by atoms with Crippen LogP contribution in [0.2, 0.25) is 0 Å². The summed E-state index contributed by atoms with van der Waals surface area (Å²) in [6, 6.07) is 63.2. The molecule has 532 valence electrons. The molecule has 3 aromatic heterocycles. The first-order chi connectivity index (χ1) is 51.4. The molecule has 9 aromatic carbocycles. The van der Waals surface area contributed by atoms with E-state index in [4.69, 9.17) is 0 Å². The molecule has 19 rings (SSSR count). The molecule has 0 unspecified atom stereocenters. The van der Waals surface area contributed by atoms with Crippen LogP contribution < -0.4 is 13.7 Å². The summed E-state index contributed by atoms with van der Waals surface area (Å²) in [4.78, 5) is 0. The predicted octanol–water partition coefficient (Wildman–Crippen LogP) is 23.6. The first-order valence-electron chi connectivity index (χ1n) is 39.8. The second-order valence-corrected chi connectivity index (χ2v) is 32.3. The highest BCUT2D eigenvalue weighted by Crippen LogP contribution is 2.49. The van der Waals surface area contributed by atoms with Crippen molar-refractivity contribution in [1.82, 2.24) is 13.7 Å². The number of halogens is 3. The molecular weight excluding hydrogens is 1290 g/mol. The van der Waals surface area contributed by atoms with Crippen LogP contribution in [0.25, 0.3) is 84.6 Å². The normalized spacial score (nSPS) is 16.2. The van der Waals surface area contributed by atoms with Gasteiger partial charge in [-0.1, -0.05) is 183 Å². The third kappa shape index (κ3) is 13.7. The van der Waals surface area contributed by atoms with Crippen molar-refractivity contribution in [2.75, 3.05) is 0 Å². The maximum atomic E-state index is 14.1. The molecule has 6 heterocycles. The van der Waals surface area contributed by atoms with Gasteiger partial charge in [0.05, 0.1) is 16.7 Å². The van der Waals surface area contributed by atoms with E-state index in [1.807, 2.05) is 18.2 Å². The SMILES string of the molecule is CC(C)Cc1cc(-c2ccccc2)cc(CC(C)C)c1-n1cc[n+]2c1-c1ccc(F)cc1C2.Fc1ccc2c(c1)C[n+]1ccn(-c3c(C4CCCC4)cc(-c4ccccc4)cc3C3CCCC3)c1-2.Fc1ccc2c(c1)C[n+]1ccn(-c3c(C4CCCCC4)cc(-c4ccccc4)cc3C3CCCCC3)c1-2. The lowest BCUT2D eigenvalue weighted by atomic mass is 9.77. The molecule has 4 saturated carbocycles. The van der Waals surface area contributed by atoms with Gasteiger partial charge in [-0.2, -0.15) is 13.7 Å². The Morgan fingerprint density at radius 2 is 0.590 bits per heavy atom. The molecule has 0 saturated heterocycles. The van der Waals surface area contributed by atoms with Crippen LogP contribution in [0.5, 0.6) is 0 Å². The first-order valence-corrected chi connectivity index (χ1v) is 39.8. The van der Waals surface area contributed by atoms with E-state index in [9.17, 15) is 13.2 Å². The highest BCUT2D eigenvalue weighted by Gasteiger charge is 2.40. The Morgan fingerprint density at radius 3 is 0.886 bits per heavy atom. The average molecular weight is 1390 g/mol. The molecule has 4 aliphatic carbocycles. The van der Waals surface area contributed by atoms with Gasteiger partial charge in [-0.05, 0) is 224 Å². The van der Waals surface area contributed by atoms with Gasteiger partial charge < -0.3 is 0 Å². The molecule has 3 aliphatic heterocycles. The molecule has 7 aliphatic rings. The van der Waals surface area contributed by atoms with Crippen molar-refractivity contribution in [3.63, 3.8) is 0 Å². The Balaban J connectivity index is 0.000000116. The molecule has 0 radical (unpaired) electrons. The second kappa shape index (κ2) is 29.7. The van der Waals surface area contributed by atoms with Gasteiger partial charge >= 0.3 is 0 Å². The number of benzene rings is 9. The smallest absolute Gasteiger partial charge is 0.225 e. The molecule has 0 atom stereocenters. The third-order valence-corrected chi connectivity index (χ3v) is 24.2. The van der Waals surface area contributed by atoms with Crippen molar-refractivity contribution in [3.8, 4) is 84.6 Å². The largest absolute Gasteiger partial charge is 0.294 e. The fourth-order valence-electron chi connectivity index (χ4n) is 19.5. The van der Waals surface area contributed by atoms with Crippen LogP contribution >= 0.6 is 0 Å². The third-order valence-electron chi connectivity index (χ3n) is 24.2. The molecule has 6 nitrogen and oxygen atoms in total. The van der Waals surface area contributed by atoms with Gasteiger partial charge in [0, 0.05) is 50.1 Å². The van der Waals surface area contributed by atoms with Crippen LogP contribution in [0.15, 0.2) is 219 Å². The van der Waals surface area contributed by atoms with Crippen molar-refractivity contribution in [3.05, 3.63) is 287 Å². The number of hydrogen-bond donors (Lipinski definition) is 0. The van der Waals surface area contributed by atoms with Gasteiger partial charge in [0.2, 0.25) is 0 Å². The minimum atomic E-state index is -0.167. The highest BCUT2D eigenvalue weighted by molar-refractivity contribution is 5.76. The van der Waals surface area contributed by atoms with Crippen molar-refractivity contribution in [1.29, 1.82) is 0 Å². The summed E-state index contributed by atoms with van der Waals surface area (Å²) >= 11 is 0. The highest BCUT2D eigenvalue weighted by atomic mass is 19.1. The summed E-state index contributed by atoms with van der Waals surface area (Å²) in [5.41, 5.74) is 27.5. The molecule has 9 heteroatoms. The van der Waals surface area contributed by atoms with Crippen molar-refractivity contribution in [2.24, 2.45) is 11.8 Å². The van der Waals surface area contributed by atoms with Gasteiger partial charge in [0.25, 0.3) is 17.5 Å². The fraction of sp³-hybridized carbons (Fsp3) is 0.344. The zero-order valence-corrected chi connectivity index (χ0v) is 61.8. The van der Waals surface area contributed by atoms with E-state index in [-0.39, 0.29) is 17.5 Å². The van der Waals surface area contributed by atoms with E-state index < -0.39 is 0 Å². The Labute approximate surface area is 619 Å². The number of nitrogens with zero attached hydrogens (tertiary/aromatic N) is 6. The zero-order chi connectivity index (χ0) is 71.2. The lowest BCUT2D eigenvalue weighted by Gasteiger charge is -2.29. The number of hydrogen-bond acceptors (Lipinski definition) is 0. The maximum absolute atomic E-state index is 14.1. The topological polar surface area (TPSA) is 26.4 Å². The van der Waals surface area contributed by atoms with Gasteiger partial charge in [-0.15, -0.1) is 0 Å². The minimum absolute atomic E-state index is 0.144. The average Bonchev–Trinajstić information content (AvgIpc) is 1.63. The summed E-state index contributed by atoms with van der Waals surface area (Å²) in [6.07, 6.45) is 38.7. The Bertz CT molecular complexity index is 5020. The Hall–Kier alpha value is -9.60. The number of imidazole rings is 3. The quantitative estimate of drug-likeness (QED) is 0.0970. The van der Waals surface area contributed by atoms with Gasteiger partial charge in [-0.25, -0.2) is 26.9 Å². The summed E-state index contributed by atoms with van der Waals surface area (Å²) in [6.45, 7) is 11.4. The van der Waals surface area contributed by atoms with Gasteiger partial charge in [-0.3, -0.25) is 0 Å². The first kappa shape index (κ1) is 68.5. The lowest BCUT2D eigenvalue weighted by Crippen LogP contribution is -2.30. The fourth-order valence-corrected chi connectivity index (χ4v) is 19.5. The maximum Gasteiger partial charge on any atom is 0.294 e. The molecular formula is C96H100F3N6+3. The van der Waals surface area contributed by atoms with E-state index in [0.29, 0.717) is 35.5 Å². The Kier molecular flexibility index (Phi) is 19.4. The van der Waals surface area contributed by atoms with Crippen LogP contribution in [0.4, 0.5) is 13.2 Å². The summed E-state index contributed by atoms with van der Waals surface area (Å²) in [5, 5.41) is 0. The second-order valence-electron chi connectivity index (χ2n) is 32.3. The monoisotopic (exact) mass is 1390 g/mol. The predicted molar refractivity (Wildman–Crippen MR) is 419 cm³/mol. The standard InChI is InChI=1S/C34H36FN2.C32H32FN2.C30H32FN2/c35-29-16-17-30-28(20-29)23-36-18-19-37(34(30)36)33-31(25-12-6-2-7-13-25)21-27(24-10-4-1-5-11-24)22-32(33)26-14-8-3-9-15-26;33-27-14-15-28-26(18-27)21-34-16-17-35(32(28)34)31-29(23-10-4-5-11-23)19-25(22-8-2-1-3-9-22)20-30(31)24-12-6-7-13-24;1-20(2)14-24-16-23(22-8-6-5-7-9-22)17-25(15-21(3)4)29(24)33-13-12-32-19-26-18-27(31)10-11-28(26)30(32)33/h1,4-5,10-11,16-22,25-26H,2-3,6-9,12-15,23H2;1-3,8-9,14-20,23-24H,4-7,10-13,21H2;5-13,16-18,20-21H,14-15,19H2,1-4H3/q3*+1. The van der Waals surface area contributed by atoms with Crippen LogP contribution in [-0.2, 0) is 32.5 Å². The molecule has 105 heavy (non-hydrogen) atoms. The van der Waals surface area contributed by atoms with E-state index in [1.54, 1.807) is 36.4 Å². The number of fused-ring (bicyclic) bond motifs is 9. The van der Waals surface area contributed by atoms with Crippen LogP contribution in [0.3, 0.4) is 0 Å². The minimum Gasteiger partial charge on any atom is -0.225 e. The molecule has 12 aromatic rings. The zero-order valence-electron chi connectivity index (χ0n) is 61.8. The van der Waals surface area contributed by atoms with Crippen molar-refractivity contribution >= 4 is 0 Å². The van der Waals surface area contributed by atoms with Crippen LogP contribution in [0.1, 0.15) is 217 Å². The van der Waals surface area contributed by atoms with E-state index >= 15 is 0 Å². The number of aromatic nitrogens is 6. The van der Waals surface area contributed by atoms with Gasteiger partial charge in [0.1, 0.15) is 91.3 Å². The van der Waals surface area contributed by atoms with Crippen LogP contribution in [0, 0.1) is 29.3 Å². The number of rotatable bonds is 14. The Morgan fingerprint density at radius 1 is 0.314 bits per heavy atom. The van der Waals surface area contributed by atoms with E-state index in [0.717, 1.165) is 60.6 Å². The summed E-state index contributed by atoms with van der Waals surface area (Å²) in [7, 11) is 0.